The van der Waals surface area contributed by atoms with Crippen LogP contribution in [0.5, 0.6) is 0 Å². The summed E-state index contributed by atoms with van der Waals surface area (Å²) >= 11 is 0. The molecule has 25 heavy (non-hydrogen) atoms. The molecular formula is C16H20N2O6S. The van der Waals surface area contributed by atoms with Gasteiger partial charge >= 0.3 is 5.97 Å². The molecule has 0 aliphatic carbocycles. The summed E-state index contributed by atoms with van der Waals surface area (Å²) in [6, 6.07) is 6.52. The van der Waals surface area contributed by atoms with Gasteiger partial charge in [-0.05, 0) is 17.7 Å². The molecule has 1 aliphatic rings. The molecule has 0 saturated carbocycles. The van der Waals surface area contributed by atoms with E-state index >= 15 is 0 Å². The summed E-state index contributed by atoms with van der Waals surface area (Å²) in [5, 5.41) is 11.9. The molecule has 1 heterocycles. The minimum absolute atomic E-state index is 0.0561. The van der Waals surface area contributed by atoms with E-state index < -0.39 is 21.7 Å². The first-order chi connectivity index (χ1) is 11.7. The number of anilines is 1. The quantitative estimate of drug-likeness (QED) is 0.647. The number of aliphatic hydroxyl groups is 1. The molecule has 0 saturated heterocycles. The highest BCUT2D eigenvalue weighted by molar-refractivity contribution is 7.89. The fourth-order valence-electron chi connectivity index (χ4n) is 2.48. The van der Waals surface area contributed by atoms with E-state index in [1.807, 2.05) is 0 Å². The molecule has 136 valence electrons. The third kappa shape index (κ3) is 4.80. The van der Waals surface area contributed by atoms with Crippen molar-refractivity contribution < 1.29 is 27.9 Å². The molecule has 1 aliphatic heterocycles. The first-order valence-electron chi connectivity index (χ1n) is 7.50. The minimum atomic E-state index is -3.13. The lowest BCUT2D eigenvalue weighted by Gasteiger charge is -2.15. The summed E-state index contributed by atoms with van der Waals surface area (Å²) in [6.45, 7) is -0.0496. The van der Waals surface area contributed by atoms with E-state index in [1.165, 1.54) is 12.0 Å². The van der Waals surface area contributed by atoms with Crippen LogP contribution in [-0.2, 0) is 29.9 Å². The van der Waals surface area contributed by atoms with Crippen molar-refractivity contribution in [2.24, 2.45) is 0 Å². The van der Waals surface area contributed by atoms with Gasteiger partial charge in [-0.1, -0.05) is 12.1 Å². The third-order valence-electron chi connectivity index (χ3n) is 3.61. The van der Waals surface area contributed by atoms with Gasteiger partial charge in [-0.25, -0.2) is 13.2 Å². The first kappa shape index (κ1) is 18.9. The molecule has 8 nitrogen and oxygen atoms in total. The number of carbonyl (C=O) groups excluding carboxylic acids is 2. The largest absolute Gasteiger partial charge is 0.466 e. The van der Waals surface area contributed by atoms with Crippen LogP contribution in [0.2, 0.25) is 0 Å². The highest BCUT2D eigenvalue weighted by Crippen LogP contribution is 2.23. The van der Waals surface area contributed by atoms with E-state index in [-0.39, 0.29) is 36.7 Å². The molecule has 0 fully saturated rings. The highest BCUT2D eigenvalue weighted by atomic mass is 32.2. The monoisotopic (exact) mass is 368 g/mol. The van der Waals surface area contributed by atoms with Crippen molar-refractivity contribution in [3.63, 3.8) is 0 Å². The van der Waals surface area contributed by atoms with E-state index in [0.29, 0.717) is 11.3 Å². The number of esters is 1. The number of amides is 1. The van der Waals surface area contributed by atoms with Gasteiger partial charge in [0.05, 0.1) is 31.6 Å². The van der Waals surface area contributed by atoms with Crippen molar-refractivity contribution in [2.45, 2.75) is 5.75 Å². The number of benzene rings is 1. The topological polar surface area (TPSA) is 113 Å². The Balaban J connectivity index is 2.23. The number of nitrogens with zero attached hydrogens (tertiary/aromatic N) is 1. The predicted molar refractivity (Wildman–Crippen MR) is 91.3 cm³/mol. The Bertz CT molecular complexity index is 798. The maximum Gasteiger partial charge on any atom is 0.337 e. The first-order valence-corrected chi connectivity index (χ1v) is 9.56. The maximum atomic E-state index is 12.4. The molecule has 2 N–H and O–H groups in total. The van der Waals surface area contributed by atoms with Crippen LogP contribution in [0, 0.1) is 0 Å². The third-order valence-corrected chi connectivity index (χ3v) is 4.46. The van der Waals surface area contributed by atoms with E-state index in [0.717, 1.165) is 6.26 Å². The van der Waals surface area contributed by atoms with Crippen molar-refractivity contribution >= 4 is 27.4 Å². The Morgan fingerprint density at radius 3 is 2.48 bits per heavy atom. The SMILES string of the molecule is COC(=O)C1=C(Nc2ccc(CS(C)(=O)=O)cc2)C(=O)N(CCO)C1. The van der Waals surface area contributed by atoms with Gasteiger partial charge < -0.3 is 20.1 Å². The second-order valence-electron chi connectivity index (χ2n) is 5.69. The number of carbonyl (C=O) groups is 2. The van der Waals surface area contributed by atoms with Crippen molar-refractivity contribution in [3.05, 3.63) is 41.1 Å². The standard InChI is InChI=1S/C16H20N2O6S/c1-24-16(21)13-9-18(7-8-19)15(20)14(13)17-12-5-3-11(4-6-12)10-25(2,22)23/h3-6,17,19H,7-10H2,1-2H3. The van der Waals surface area contributed by atoms with Crippen LogP contribution in [0.3, 0.4) is 0 Å². The number of hydrogen-bond donors (Lipinski definition) is 2. The molecule has 0 radical (unpaired) electrons. The van der Waals surface area contributed by atoms with Gasteiger partial charge in [-0.3, -0.25) is 4.79 Å². The molecule has 1 amide bonds. The lowest BCUT2D eigenvalue weighted by atomic mass is 10.2. The van der Waals surface area contributed by atoms with Gasteiger partial charge in [-0.2, -0.15) is 0 Å². The molecule has 1 aromatic rings. The number of methoxy groups -OCH3 is 1. The normalized spacial score (nSPS) is 14.8. The Morgan fingerprint density at radius 2 is 1.96 bits per heavy atom. The Hall–Kier alpha value is -2.39. The van der Waals surface area contributed by atoms with Crippen LogP contribution in [0.1, 0.15) is 5.56 Å². The zero-order valence-corrected chi connectivity index (χ0v) is 14.8. The van der Waals surface area contributed by atoms with E-state index in [2.05, 4.69) is 5.32 Å². The number of ether oxygens (including phenoxy) is 1. The van der Waals surface area contributed by atoms with Crippen molar-refractivity contribution in [1.29, 1.82) is 0 Å². The average molecular weight is 368 g/mol. The van der Waals surface area contributed by atoms with Crippen LogP contribution >= 0.6 is 0 Å². The molecular weight excluding hydrogens is 348 g/mol. The Kier molecular flexibility index (Phi) is 5.81. The van der Waals surface area contributed by atoms with Gasteiger partial charge in [0.15, 0.2) is 9.84 Å². The van der Waals surface area contributed by atoms with Crippen molar-refractivity contribution in [2.75, 3.05) is 38.4 Å². The molecule has 0 aromatic heterocycles. The predicted octanol–water partition coefficient (Wildman–Crippen LogP) is -0.0953. The molecule has 9 heteroatoms. The zero-order valence-electron chi connectivity index (χ0n) is 14.0. The Labute approximate surface area is 146 Å². The number of nitrogens with one attached hydrogen (secondary N) is 1. The van der Waals surface area contributed by atoms with Gasteiger partial charge in [-0.15, -0.1) is 0 Å². The number of β-amino-alcohol motifs (C(OH)–C–C–N with tert-alkyl or cyclic N) is 1. The van der Waals surface area contributed by atoms with E-state index in [9.17, 15) is 18.0 Å². The summed E-state index contributed by atoms with van der Waals surface area (Å²) in [5.41, 5.74) is 1.43. The zero-order chi connectivity index (χ0) is 18.6. The fraction of sp³-hybridized carbons (Fsp3) is 0.375. The number of hydrogen-bond acceptors (Lipinski definition) is 7. The van der Waals surface area contributed by atoms with E-state index in [4.69, 9.17) is 9.84 Å². The molecule has 0 spiro atoms. The van der Waals surface area contributed by atoms with Crippen LogP contribution in [0.4, 0.5) is 5.69 Å². The fourth-order valence-corrected chi connectivity index (χ4v) is 3.28. The number of rotatable bonds is 7. The molecule has 0 bridgehead atoms. The maximum absolute atomic E-state index is 12.4. The van der Waals surface area contributed by atoms with Crippen LogP contribution in [0.15, 0.2) is 35.5 Å². The van der Waals surface area contributed by atoms with Crippen LogP contribution < -0.4 is 5.32 Å². The number of sulfone groups is 1. The molecule has 0 atom stereocenters. The van der Waals surface area contributed by atoms with E-state index in [1.54, 1.807) is 24.3 Å². The summed E-state index contributed by atoms with van der Waals surface area (Å²) < 4.78 is 27.3. The molecule has 2 rings (SSSR count). The van der Waals surface area contributed by atoms with Gasteiger partial charge in [0, 0.05) is 18.5 Å². The van der Waals surface area contributed by atoms with Crippen LogP contribution in [-0.4, -0.2) is 63.4 Å². The van der Waals surface area contributed by atoms with Crippen molar-refractivity contribution in [3.8, 4) is 0 Å². The van der Waals surface area contributed by atoms with Crippen LogP contribution in [0.25, 0.3) is 0 Å². The lowest BCUT2D eigenvalue weighted by molar-refractivity contribution is -0.136. The minimum Gasteiger partial charge on any atom is -0.466 e. The summed E-state index contributed by atoms with van der Waals surface area (Å²) in [4.78, 5) is 25.6. The summed E-state index contributed by atoms with van der Waals surface area (Å²) in [6.07, 6.45) is 1.15. The summed E-state index contributed by atoms with van der Waals surface area (Å²) in [7, 11) is -1.91. The Morgan fingerprint density at radius 1 is 1.32 bits per heavy atom. The van der Waals surface area contributed by atoms with Gasteiger partial charge in [0.25, 0.3) is 5.91 Å². The molecule has 0 unspecified atom stereocenters. The average Bonchev–Trinajstić information content (AvgIpc) is 2.84. The second-order valence-corrected chi connectivity index (χ2v) is 7.83. The number of aliphatic hydroxyl groups excluding tert-OH is 1. The van der Waals surface area contributed by atoms with Gasteiger partial charge in [0.2, 0.25) is 0 Å². The lowest BCUT2D eigenvalue weighted by Crippen LogP contribution is -2.31. The van der Waals surface area contributed by atoms with Crippen molar-refractivity contribution in [1.82, 2.24) is 4.90 Å². The highest BCUT2D eigenvalue weighted by Gasteiger charge is 2.34. The smallest absolute Gasteiger partial charge is 0.337 e. The van der Waals surface area contributed by atoms with Gasteiger partial charge in [0.1, 0.15) is 5.70 Å². The summed E-state index contributed by atoms with van der Waals surface area (Å²) in [5.74, 6) is -1.10. The molecule has 1 aromatic carbocycles. The second kappa shape index (κ2) is 7.66.